The molecule has 0 aliphatic rings. The summed E-state index contributed by atoms with van der Waals surface area (Å²) in [5.41, 5.74) is 5.96. The van der Waals surface area contributed by atoms with E-state index in [1.54, 1.807) is 6.92 Å². The standard InChI is InChI=1S/C13H23N3O3S2/c1-6-21(18,19)12-10(14)11(9(3)17)20-13(12)15-7-8(2)16(4)5/h8,15H,6-7,14H2,1-5H3. The summed E-state index contributed by atoms with van der Waals surface area (Å²) >= 11 is 1.11. The zero-order valence-corrected chi connectivity index (χ0v) is 14.7. The maximum atomic E-state index is 12.2. The summed E-state index contributed by atoms with van der Waals surface area (Å²) in [6, 6.07) is 0.214. The second kappa shape index (κ2) is 6.76. The van der Waals surface area contributed by atoms with E-state index in [4.69, 9.17) is 5.73 Å². The van der Waals surface area contributed by atoms with E-state index in [-0.39, 0.29) is 28.2 Å². The number of rotatable bonds is 7. The molecule has 1 heterocycles. The average molecular weight is 333 g/mol. The van der Waals surface area contributed by atoms with Gasteiger partial charge in [0.05, 0.1) is 16.3 Å². The normalized spacial score (nSPS) is 13.4. The number of hydrogen-bond donors (Lipinski definition) is 2. The molecule has 1 aromatic heterocycles. The molecule has 0 aromatic carbocycles. The summed E-state index contributed by atoms with van der Waals surface area (Å²) in [4.78, 5) is 14.0. The Hall–Kier alpha value is -1.12. The van der Waals surface area contributed by atoms with Crippen LogP contribution in [0.2, 0.25) is 0 Å². The van der Waals surface area contributed by atoms with Crippen molar-refractivity contribution in [3.63, 3.8) is 0 Å². The highest BCUT2D eigenvalue weighted by atomic mass is 32.2. The average Bonchev–Trinajstić information content (AvgIpc) is 2.73. The number of likely N-dealkylation sites (N-methyl/N-ethyl adjacent to an activating group) is 1. The van der Waals surface area contributed by atoms with Gasteiger partial charge >= 0.3 is 0 Å². The predicted octanol–water partition coefficient (Wildman–Crippen LogP) is 1.69. The zero-order valence-electron chi connectivity index (χ0n) is 13.1. The maximum absolute atomic E-state index is 12.2. The third-order valence-electron chi connectivity index (χ3n) is 3.35. The minimum Gasteiger partial charge on any atom is -0.396 e. The van der Waals surface area contributed by atoms with Crippen LogP contribution in [0, 0.1) is 0 Å². The molecule has 3 N–H and O–H groups in total. The third-order valence-corrected chi connectivity index (χ3v) is 6.55. The number of nitrogens with zero attached hydrogens (tertiary/aromatic N) is 1. The summed E-state index contributed by atoms with van der Waals surface area (Å²) in [5.74, 6) is -0.276. The SMILES string of the molecule is CCS(=O)(=O)c1c(NCC(C)N(C)C)sc(C(C)=O)c1N. The fourth-order valence-electron chi connectivity index (χ4n) is 1.68. The van der Waals surface area contributed by atoms with Gasteiger partial charge in [0.2, 0.25) is 0 Å². The highest BCUT2D eigenvalue weighted by molar-refractivity contribution is 7.91. The summed E-state index contributed by atoms with van der Waals surface area (Å²) in [6.07, 6.45) is 0. The van der Waals surface area contributed by atoms with Crippen LogP contribution in [0.5, 0.6) is 0 Å². The summed E-state index contributed by atoms with van der Waals surface area (Å²) in [5, 5.41) is 3.57. The maximum Gasteiger partial charge on any atom is 0.183 e. The lowest BCUT2D eigenvalue weighted by Crippen LogP contribution is -2.31. The largest absolute Gasteiger partial charge is 0.396 e. The van der Waals surface area contributed by atoms with E-state index in [9.17, 15) is 13.2 Å². The van der Waals surface area contributed by atoms with Crippen molar-refractivity contribution in [2.75, 3.05) is 37.4 Å². The molecule has 6 nitrogen and oxygen atoms in total. The van der Waals surface area contributed by atoms with Crippen LogP contribution < -0.4 is 11.1 Å². The Morgan fingerprint density at radius 3 is 2.43 bits per heavy atom. The molecule has 1 unspecified atom stereocenters. The van der Waals surface area contributed by atoms with Gasteiger partial charge in [-0.25, -0.2) is 8.42 Å². The van der Waals surface area contributed by atoms with Crippen molar-refractivity contribution in [3.8, 4) is 0 Å². The molecule has 1 aromatic rings. The van der Waals surface area contributed by atoms with Gasteiger partial charge in [-0.2, -0.15) is 0 Å². The van der Waals surface area contributed by atoms with Crippen molar-refractivity contribution in [1.29, 1.82) is 0 Å². The Balaban J connectivity index is 3.25. The number of nitrogen functional groups attached to an aromatic ring is 1. The van der Waals surface area contributed by atoms with Gasteiger partial charge in [-0.05, 0) is 21.0 Å². The van der Waals surface area contributed by atoms with Crippen molar-refractivity contribution in [2.24, 2.45) is 0 Å². The number of nitrogens with one attached hydrogen (secondary N) is 1. The van der Waals surface area contributed by atoms with E-state index in [0.29, 0.717) is 16.4 Å². The molecule has 21 heavy (non-hydrogen) atoms. The lowest BCUT2D eigenvalue weighted by Gasteiger charge is -2.20. The number of thiophene rings is 1. The second-order valence-corrected chi connectivity index (χ2v) is 8.39. The van der Waals surface area contributed by atoms with Gasteiger partial charge in [0, 0.05) is 19.5 Å². The minimum atomic E-state index is -3.48. The smallest absolute Gasteiger partial charge is 0.183 e. The first-order chi connectivity index (χ1) is 9.61. The molecule has 120 valence electrons. The molecule has 0 saturated heterocycles. The van der Waals surface area contributed by atoms with Crippen molar-refractivity contribution < 1.29 is 13.2 Å². The van der Waals surface area contributed by atoms with Crippen molar-refractivity contribution in [1.82, 2.24) is 4.90 Å². The predicted molar refractivity (Wildman–Crippen MR) is 88.1 cm³/mol. The van der Waals surface area contributed by atoms with Crippen molar-refractivity contribution in [3.05, 3.63) is 4.88 Å². The lowest BCUT2D eigenvalue weighted by atomic mass is 10.3. The third kappa shape index (κ3) is 3.96. The van der Waals surface area contributed by atoms with E-state index in [2.05, 4.69) is 5.32 Å². The Morgan fingerprint density at radius 2 is 2.00 bits per heavy atom. The van der Waals surface area contributed by atoms with Gasteiger partial charge in [-0.1, -0.05) is 6.92 Å². The van der Waals surface area contributed by atoms with E-state index >= 15 is 0 Å². The number of nitrogens with two attached hydrogens (primary N) is 1. The second-order valence-electron chi connectivity index (χ2n) is 5.16. The summed E-state index contributed by atoms with van der Waals surface area (Å²) in [6.45, 7) is 5.53. The first kappa shape index (κ1) is 17.9. The van der Waals surface area contributed by atoms with Crippen molar-refractivity contribution in [2.45, 2.75) is 31.7 Å². The molecule has 1 atom stereocenters. The van der Waals surface area contributed by atoms with E-state index in [0.717, 1.165) is 11.3 Å². The minimum absolute atomic E-state index is 0.0524. The molecule has 0 radical (unpaired) electrons. The van der Waals surface area contributed by atoms with Gasteiger partial charge in [0.1, 0.15) is 9.90 Å². The Labute approximate surface area is 130 Å². The number of ketones is 1. The van der Waals surface area contributed by atoms with E-state index in [1.807, 2.05) is 25.9 Å². The highest BCUT2D eigenvalue weighted by Gasteiger charge is 2.27. The van der Waals surface area contributed by atoms with Gasteiger partial charge in [0.25, 0.3) is 0 Å². The molecule has 1 rings (SSSR count). The Kier molecular flexibility index (Phi) is 5.77. The number of hydrogen-bond acceptors (Lipinski definition) is 7. The summed E-state index contributed by atoms with van der Waals surface area (Å²) < 4.78 is 24.4. The van der Waals surface area contributed by atoms with E-state index in [1.165, 1.54) is 6.92 Å². The molecule has 0 aliphatic carbocycles. The van der Waals surface area contributed by atoms with Crippen LogP contribution in [0.1, 0.15) is 30.4 Å². The van der Waals surface area contributed by atoms with Crippen LogP contribution in [0.4, 0.5) is 10.7 Å². The molecule has 0 aliphatic heterocycles. The number of anilines is 2. The molecule has 0 fully saturated rings. The first-order valence-electron chi connectivity index (χ1n) is 6.68. The van der Waals surface area contributed by atoms with Gasteiger partial charge in [0.15, 0.2) is 15.6 Å². The first-order valence-corrected chi connectivity index (χ1v) is 9.14. The molecular formula is C13H23N3O3S2. The Morgan fingerprint density at radius 1 is 1.43 bits per heavy atom. The van der Waals surface area contributed by atoms with Gasteiger partial charge in [-0.15, -0.1) is 11.3 Å². The zero-order chi connectivity index (χ0) is 16.4. The van der Waals surface area contributed by atoms with Crippen LogP contribution in [0.15, 0.2) is 4.90 Å². The molecule has 0 amide bonds. The van der Waals surface area contributed by atoms with Crippen LogP contribution in [-0.4, -0.2) is 51.5 Å². The lowest BCUT2D eigenvalue weighted by molar-refractivity contribution is 0.102. The van der Waals surface area contributed by atoms with Crippen LogP contribution in [-0.2, 0) is 9.84 Å². The van der Waals surface area contributed by atoms with E-state index < -0.39 is 9.84 Å². The fourth-order valence-corrected chi connectivity index (χ4v) is 4.25. The Bertz CT molecular complexity index is 621. The molecule has 0 spiro atoms. The summed E-state index contributed by atoms with van der Waals surface area (Å²) in [7, 11) is 0.405. The fraction of sp³-hybridized carbons (Fsp3) is 0.615. The van der Waals surface area contributed by atoms with Crippen LogP contribution in [0.3, 0.4) is 0 Å². The van der Waals surface area contributed by atoms with Gasteiger partial charge < -0.3 is 16.0 Å². The monoisotopic (exact) mass is 333 g/mol. The number of sulfone groups is 1. The topological polar surface area (TPSA) is 92.5 Å². The number of Topliss-reactive ketones (excluding diaryl/α,β-unsaturated/α-hetero) is 1. The molecule has 8 heteroatoms. The highest BCUT2D eigenvalue weighted by Crippen LogP contribution is 2.39. The molecular weight excluding hydrogens is 310 g/mol. The van der Waals surface area contributed by atoms with Crippen LogP contribution >= 0.6 is 11.3 Å². The number of carbonyl (C=O) groups is 1. The van der Waals surface area contributed by atoms with Gasteiger partial charge in [-0.3, -0.25) is 4.79 Å². The van der Waals surface area contributed by atoms with Crippen LogP contribution in [0.25, 0.3) is 0 Å². The number of carbonyl (C=O) groups excluding carboxylic acids is 1. The molecule has 0 bridgehead atoms. The quantitative estimate of drug-likeness (QED) is 0.738. The van der Waals surface area contributed by atoms with Crippen molar-refractivity contribution >= 4 is 37.6 Å². The molecule has 0 saturated carbocycles.